The summed E-state index contributed by atoms with van der Waals surface area (Å²) in [5, 5.41) is 2.90. The molecule has 0 unspecified atom stereocenters. The molecule has 1 N–H and O–H groups in total. The van der Waals surface area contributed by atoms with Crippen molar-refractivity contribution in [2.75, 3.05) is 40.3 Å². The van der Waals surface area contributed by atoms with Crippen LogP contribution in [-0.4, -0.2) is 63.8 Å². The molecule has 1 heterocycles. The van der Waals surface area contributed by atoms with E-state index in [1.165, 1.54) is 39.1 Å². The summed E-state index contributed by atoms with van der Waals surface area (Å²) in [7, 11) is -0.490. The van der Waals surface area contributed by atoms with Gasteiger partial charge in [0.25, 0.3) is 5.91 Å². The lowest BCUT2D eigenvalue weighted by atomic mass is 9.99. The molecule has 1 fully saturated rings. The first-order valence-corrected chi connectivity index (χ1v) is 10.3. The Morgan fingerprint density at radius 3 is 2.36 bits per heavy atom. The fraction of sp³-hybridized carbons (Fsp3) is 0.611. The van der Waals surface area contributed by atoms with Gasteiger partial charge in [-0.05, 0) is 69.1 Å². The Bertz CT molecular complexity index is 663. The second kappa shape index (κ2) is 8.78. The molecular formula is C18H29N3O3S. The zero-order chi connectivity index (χ0) is 18.4. The average Bonchev–Trinajstić information content (AvgIpc) is 2.60. The highest BCUT2D eigenvalue weighted by molar-refractivity contribution is 7.89. The molecule has 7 heteroatoms. The summed E-state index contributed by atoms with van der Waals surface area (Å²) in [5.74, 6) is 0.663. The van der Waals surface area contributed by atoms with Gasteiger partial charge in [0.15, 0.2) is 0 Å². The molecule has 0 bridgehead atoms. The minimum Gasteiger partial charge on any atom is -0.352 e. The largest absolute Gasteiger partial charge is 0.352 e. The molecule has 1 aromatic carbocycles. The molecule has 6 nitrogen and oxygen atoms in total. The number of benzene rings is 1. The quantitative estimate of drug-likeness (QED) is 0.746. The van der Waals surface area contributed by atoms with Crippen LogP contribution in [0.1, 0.15) is 36.5 Å². The minimum atomic E-state index is -3.46. The highest BCUT2D eigenvalue weighted by Gasteiger charge is 2.18. The molecule has 0 spiro atoms. The molecule has 1 amide bonds. The van der Waals surface area contributed by atoms with Crippen molar-refractivity contribution >= 4 is 15.9 Å². The summed E-state index contributed by atoms with van der Waals surface area (Å²) < 4.78 is 25.2. The van der Waals surface area contributed by atoms with E-state index in [4.69, 9.17) is 0 Å². The monoisotopic (exact) mass is 367 g/mol. The second-order valence-corrected chi connectivity index (χ2v) is 9.10. The Hall–Kier alpha value is -1.44. The van der Waals surface area contributed by atoms with Crippen molar-refractivity contribution in [3.05, 3.63) is 29.8 Å². The van der Waals surface area contributed by atoms with E-state index in [1.807, 2.05) is 0 Å². The maximum atomic E-state index is 12.1. The van der Waals surface area contributed by atoms with E-state index in [0.717, 1.165) is 36.3 Å². The first-order valence-electron chi connectivity index (χ1n) is 8.84. The molecule has 1 saturated heterocycles. The van der Waals surface area contributed by atoms with Crippen LogP contribution in [0, 0.1) is 5.92 Å². The van der Waals surface area contributed by atoms with Gasteiger partial charge in [0.2, 0.25) is 10.0 Å². The number of piperidine rings is 1. The molecule has 0 atom stereocenters. The van der Waals surface area contributed by atoms with E-state index in [9.17, 15) is 13.2 Å². The number of likely N-dealkylation sites (tertiary alicyclic amines) is 1. The fourth-order valence-corrected chi connectivity index (χ4v) is 3.78. The summed E-state index contributed by atoms with van der Waals surface area (Å²) in [6.45, 7) is 6.23. The van der Waals surface area contributed by atoms with Gasteiger partial charge >= 0.3 is 0 Å². The van der Waals surface area contributed by atoms with Crippen LogP contribution in [0.25, 0.3) is 0 Å². The summed E-state index contributed by atoms with van der Waals surface area (Å²) in [6, 6.07) is 6.05. The molecule has 0 aliphatic carbocycles. The third-order valence-corrected chi connectivity index (χ3v) is 6.54. The number of nitrogens with one attached hydrogen (secondary N) is 1. The fourth-order valence-electron chi connectivity index (χ4n) is 2.88. The van der Waals surface area contributed by atoms with Crippen LogP contribution in [0.4, 0.5) is 0 Å². The van der Waals surface area contributed by atoms with Crippen LogP contribution >= 0.6 is 0 Å². The van der Waals surface area contributed by atoms with Gasteiger partial charge in [-0.2, -0.15) is 0 Å². The van der Waals surface area contributed by atoms with Gasteiger partial charge in [-0.3, -0.25) is 4.79 Å². The molecule has 140 valence electrons. The standard InChI is InChI=1S/C18H29N3O3S/c1-15-9-13-21(14-10-15)12-4-11-19-18(22)16-5-7-17(8-6-16)25(23,24)20(2)3/h5-8,15H,4,9-14H2,1-3H3,(H,19,22). The first-order chi connectivity index (χ1) is 11.8. The summed E-state index contributed by atoms with van der Waals surface area (Å²) in [6.07, 6.45) is 3.44. The van der Waals surface area contributed by atoms with E-state index in [1.54, 1.807) is 12.1 Å². The van der Waals surface area contributed by atoms with Crippen molar-refractivity contribution in [1.82, 2.24) is 14.5 Å². The minimum absolute atomic E-state index is 0.166. The van der Waals surface area contributed by atoms with E-state index >= 15 is 0 Å². The average molecular weight is 368 g/mol. The van der Waals surface area contributed by atoms with Gasteiger partial charge in [-0.15, -0.1) is 0 Å². The molecule has 1 aliphatic heterocycles. The summed E-state index contributed by atoms with van der Waals surface area (Å²) >= 11 is 0. The highest BCUT2D eigenvalue weighted by atomic mass is 32.2. The lowest BCUT2D eigenvalue weighted by Crippen LogP contribution is -2.35. The zero-order valence-electron chi connectivity index (χ0n) is 15.4. The lowest BCUT2D eigenvalue weighted by molar-refractivity contribution is 0.0950. The van der Waals surface area contributed by atoms with E-state index < -0.39 is 10.0 Å². The smallest absolute Gasteiger partial charge is 0.251 e. The number of hydrogen-bond acceptors (Lipinski definition) is 4. The van der Waals surface area contributed by atoms with Crippen LogP contribution in [0.15, 0.2) is 29.2 Å². The van der Waals surface area contributed by atoms with E-state index in [2.05, 4.69) is 17.1 Å². The topological polar surface area (TPSA) is 69.7 Å². The van der Waals surface area contributed by atoms with Crippen LogP contribution in [0.5, 0.6) is 0 Å². The molecule has 1 aliphatic rings. The molecular weight excluding hydrogens is 338 g/mol. The third-order valence-electron chi connectivity index (χ3n) is 4.71. The van der Waals surface area contributed by atoms with Crippen LogP contribution in [0.3, 0.4) is 0 Å². The number of hydrogen-bond donors (Lipinski definition) is 1. The molecule has 0 aromatic heterocycles. The molecule has 1 aromatic rings. The molecule has 0 radical (unpaired) electrons. The third kappa shape index (κ3) is 5.52. The van der Waals surface area contributed by atoms with Crippen molar-refractivity contribution in [3.8, 4) is 0 Å². The Balaban J connectivity index is 1.77. The van der Waals surface area contributed by atoms with Crippen molar-refractivity contribution in [1.29, 1.82) is 0 Å². The number of sulfonamides is 1. The highest BCUT2D eigenvalue weighted by Crippen LogP contribution is 2.16. The van der Waals surface area contributed by atoms with Gasteiger partial charge < -0.3 is 10.2 Å². The van der Waals surface area contributed by atoms with Gasteiger partial charge in [-0.1, -0.05) is 6.92 Å². The summed E-state index contributed by atoms with van der Waals surface area (Å²) in [5.41, 5.74) is 0.476. The lowest BCUT2D eigenvalue weighted by Gasteiger charge is -2.30. The second-order valence-electron chi connectivity index (χ2n) is 6.95. The number of rotatable bonds is 7. The van der Waals surface area contributed by atoms with E-state index in [-0.39, 0.29) is 10.8 Å². The van der Waals surface area contributed by atoms with Gasteiger partial charge in [-0.25, -0.2) is 12.7 Å². The van der Waals surface area contributed by atoms with Crippen LogP contribution < -0.4 is 5.32 Å². The molecule has 25 heavy (non-hydrogen) atoms. The predicted octanol–water partition coefficient (Wildman–Crippen LogP) is 1.79. The Morgan fingerprint density at radius 1 is 1.20 bits per heavy atom. The number of carbonyl (C=O) groups excluding carboxylic acids is 1. The van der Waals surface area contributed by atoms with Gasteiger partial charge in [0.05, 0.1) is 4.90 Å². The predicted molar refractivity (Wildman–Crippen MR) is 99.1 cm³/mol. The van der Waals surface area contributed by atoms with Crippen molar-refractivity contribution in [2.45, 2.75) is 31.1 Å². The Morgan fingerprint density at radius 2 is 1.80 bits per heavy atom. The molecule has 0 saturated carbocycles. The van der Waals surface area contributed by atoms with Crippen LogP contribution in [-0.2, 0) is 10.0 Å². The van der Waals surface area contributed by atoms with Gasteiger partial charge in [0, 0.05) is 26.2 Å². The Kier molecular flexibility index (Phi) is 6.98. The number of amides is 1. The maximum Gasteiger partial charge on any atom is 0.251 e. The van der Waals surface area contributed by atoms with Gasteiger partial charge in [0.1, 0.15) is 0 Å². The number of nitrogens with zero attached hydrogens (tertiary/aromatic N) is 2. The van der Waals surface area contributed by atoms with Crippen molar-refractivity contribution in [2.24, 2.45) is 5.92 Å². The number of carbonyl (C=O) groups is 1. The zero-order valence-corrected chi connectivity index (χ0v) is 16.2. The van der Waals surface area contributed by atoms with Crippen molar-refractivity contribution in [3.63, 3.8) is 0 Å². The maximum absolute atomic E-state index is 12.1. The van der Waals surface area contributed by atoms with E-state index in [0.29, 0.717) is 12.1 Å². The molecule has 2 rings (SSSR count). The summed E-state index contributed by atoms with van der Waals surface area (Å²) in [4.78, 5) is 14.8. The Labute approximate surface area is 151 Å². The van der Waals surface area contributed by atoms with Crippen molar-refractivity contribution < 1.29 is 13.2 Å². The first kappa shape index (κ1) is 19.9. The normalized spacial score (nSPS) is 17.0. The van der Waals surface area contributed by atoms with Crippen LogP contribution in [0.2, 0.25) is 0 Å². The SMILES string of the molecule is CC1CCN(CCCNC(=O)c2ccc(S(=O)(=O)N(C)C)cc2)CC1.